The van der Waals surface area contributed by atoms with E-state index in [2.05, 4.69) is 10.3 Å². The molecule has 1 heterocycles. The Morgan fingerprint density at radius 3 is 2.62 bits per heavy atom. The molecule has 0 saturated heterocycles. The first-order valence-corrected chi connectivity index (χ1v) is 9.41. The van der Waals surface area contributed by atoms with Crippen molar-refractivity contribution in [3.05, 3.63) is 63.0 Å². The van der Waals surface area contributed by atoms with Crippen molar-refractivity contribution in [2.45, 2.75) is 51.2 Å². The number of amides is 1. The summed E-state index contributed by atoms with van der Waals surface area (Å²) in [4.78, 5) is 27.5. The molecule has 0 bridgehead atoms. The van der Waals surface area contributed by atoms with E-state index >= 15 is 0 Å². The number of ether oxygens (including phenoxy) is 1. The molecular weight excluding hydrogens is 352 g/mol. The predicted molar refractivity (Wildman–Crippen MR) is 102 cm³/mol. The molecule has 0 radical (unpaired) electrons. The van der Waals surface area contributed by atoms with E-state index in [1.165, 1.54) is 25.1 Å². The third-order valence-corrected chi connectivity index (χ3v) is 5.02. The van der Waals surface area contributed by atoms with Gasteiger partial charge >= 0.3 is 0 Å². The number of aromatic nitrogens is 1. The van der Waals surface area contributed by atoms with E-state index in [1.807, 2.05) is 18.2 Å². The van der Waals surface area contributed by atoms with Crippen molar-refractivity contribution in [2.24, 2.45) is 0 Å². The Labute approximate surface area is 157 Å². The van der Waals surface area contributed by atoms with Crippen molar-refractivity contribution in [3.8, 4) is 5.75 Å². The topological polar surface area (TPSA) is 71.2 Å². The van der Waals surface area contributed by atoms with Gasteiger partial charge in [-0.2, -0.15) is 0 Å². The number of hydrogen-bond acceptors (Lipinski definition) is 3. The van der Waals surface area contributed by atoms with E-state index in [0.717, 1.165) is 31.2 Å². The van der Waals surface area contributed by atoms with Crippen molar-refractivity contribution in [3.63, 3.8) is 0 Å². The summed E-state index contributed by atoms with van der Waals surface area (Å²) in [5.74, 6) is -0.0809. The highest BCUT2D eigenvalue weighted by Gasteiger charge is 2.17. The SMILES string of the molecule is O=C(NC1CCCCCC1)c1cc(=O)c(OCc2ccccc2Cl)c[nH]1. The normalized spacial score (nSPS) is 15.3. The fourth-order valence-electron chi connectivity index (χ4n) is 3.16. The van der Waals surface area contributed by atoms with Crippen molar-refractivity contribution < 1.29 is 9.53 Å². The van der Waals surface area contributed by atoms with Crippen molar-refractivity contribution in [1.82, 2.24) is 10.3 Å². The van der Waals surface area contributed by atoms with Gasteiger partial charge in [0.1, 0.15) is 12.3 Å². The molecule has 6 heteroatoms. The number of carbonyl (C=O) groups is 1. The van der Waals surface area contributed by atoms with E-state index in [9.17, 15) is 9.59 Å². The second-order valence-corrected chi connectivity index (χ2v) is 7.02. The van der Waals surface area contributed by atoms with Crippen LogP contribution in [0, 0.1) is 0 Å². The van der Waals surface area contributed by atoms with Crippen LogP contribution in [0.5, 0.6) is 5.75 Å². The molecule has 0 spiro atoms. The van der Waals surface area contributed by atoms with E-state index in [1.54, 1.807) is 6.07 Å². The smallest absolute Gasteiger partial charge is 0.268 e. The first-order valence-electron chi connectivity index (χ1n) is 9.03. The zero-order chi connectivity index (χ0) is 18.4. The van der Waals surface area contributed by atoms with Crippen LogP contribution < -0.4 is 15.5 Å². The van der Waals surface area contributed by atoms with Gasteiger partial charge in [0.05, 0.1) is 0 Å². The Morgan fingerprint density at radius 2 is 1.92 bits per heavy atom. The van der Waals surface area contributed by atoms with Gasteiger partial charge in [0.15, 0.2) is 5.75 Å². The molecule has 5 nitrogen and oxygen atoms in total. The molecule has 0 unspecified atom stereocenters. The number of rotatable bonds is 5. The van der Waals surface area contributed by atoms with Gasteiger partial charge in [-0.1, -0.05) is 55.5 Å². The molecule has 26 heavy (non-hydrogen) atoms. The minimum atomic E-state index is -0.332. The van der Waals surface area contributed by atoms with Gasteiger partial charge in [0.25, 0.3) is 5.91 Å². The van der Waals surface area contributed by atoms with Gasteiger partial charge in [0.2, 0.25) is 5.43 Å². The monoisotopic (exact) mass is 374 g/mol. The van der Waals surface area contributed by atoms with Crippen LogP contribution in [-0.4, -0.2) is 16.9 Å². The number of carbonyl (C=O) groups excluding carboxylic acids is 1. The minimum Gasteiger partial charge on any atom is -0.483 e. The maximum atomic E-state index is 12.4. The molecule has 1 aromatic heterocycles. The third-order valence-electron chi connectivity index (χ3n) is 4.65. The quantitative estimate of drug-likeness (QED) is 0.775. The van der Waals surface area contributed by atoms with Gasteiger partial charge in [0, 0.05) is 28.9 Å². The summed E-state index contributed by atoms with van der Waals surface area (Å²) in [5, 5.41) is 3.61. The largest absolute Gasteiger partial charge is 0.483 e. The van der Waals surface area contributed by atoms with Gasteiger partial charge in [-0.15, -0.1) is 0 Å². The van der Waals surface area contributed by atoms with Crippen LogP contribution in [0.25, 0.3) is 0 Å². The number of hydrogen-bond donors (Lipinski definition) is 2. The molecule has 138 valence electrons. The lowest BCUT2D eigenvalue weighted by Gasteiger charge is -2.16. The lowest BCUT2D eigenvalue weighted by atomic mass is 10.1. The molecule has 1 aromatic carbocycles. The number of nitrogens with one attached hydrogen (secondary N) is 2. The molecule has 3 rings (SSSR count). The molecule has 0 aliphatic heterocycles. The number of H-pyrrole nitrogens is 1. The summed E-state index contributed by atoms with van der Waals surface area (Å²) in [7, 11) is 0. The number of halogens is 1. The summed E-state index contributed by atoms with van der Waals surface area (Å²) in [6.07, 6.45) is 8.14. The van der Waals surface area contributed by atoms with Crippen molar-refractivity contribution in [2.75, 3.05) is 0 Å². The molecule has 0 atom stereocenters. The average molecular weight is 375 g/mol. The summed E-state index contributed by atoms with van der Waals surface area (Å²) in [6.45, 7) is 0.191. The zero-order valence-electron chi connectivity index (χ0n) is 14.6. The maximum Gasteiger partial charge on any atom is 0.268 e. The summed E-state index contributed by atoms with van der Waals surface area (Å²) < 4.78 is 5.54. The molecule has 1 aliphatic carbocycles. The fraction of sp³-hybridized carbons (Fsp3) is 0.400. The average Bonchev–Trinajstić information content (AvgIpc) is 2.90. The Kier molecular flexibility index (Phi) is 6.34. The summed E-state index contributed by atoms with van der Waals surface area (Å²) >= 11 is 6.08. The first-order chi connectivity index (χ1) is 12.6. The van der Waals surface area contributed by atoms with Crippen LogP contribution in [0.3, 0.4) is 0 Å². The third kappa shape index (κ3) is 4.88. The zero-order valence-corrected chi connectivity index (χ0v) is 15.3. The van der Waals surface area contributed by atoms with Crippen LogP contribution in [0.2, 0.25) is 5.02 Å². The molecular formula is C20H23ClN2O3. The molecule has 1 fully saturated rings. The lowest BCUT2D eigenvalue weighted by molar-refractivity contribution is 0.0928. The van der Waals surface area contributed by atoms with E-state index in [-0.39, 0.29) is 35.4 Å². The summed E-state index contributed by atoms with van der Waals surface area (Å²) in [5.41, 5.74) is 0.718. The standard InChI is InChI=1S/C20H23ClN2O3/c21-16-10-6-5-7-14(16)13-26-19-12-22-17(11-18(19)24)20(25)23-15-8-3-1-2-4-9-15/h5-7,10-12,15H,1-4,8-9,13H2,(H,22,24)(H,23,25). The van der Waals surface area contributed by atoms with Gasteiger partial charge in [-0.25, -0.2) is 0 Å². The lowest BCUT2D eigenvalue weighted by Crippen LogP contribution is -2.35. The Morgan fingerprint density at radius 1 is 1.19 bits per heavy atom. The highest BCUT2D eigenvalue weighted by atomic mass is 35.5. The van der Waals surface area contributed by atoms with Crippen LogP contribution >= 0.6 is 11.6 Å². The highest BCUT2D eigenvalue weighted by molar-refractivity contribution is 6.31. The van der Waals surface area contributed by atoms with Gasteiger partial charge < -0.3 is 15.0 Å². The fourth-order valence-corrected chi connectivity index (χ4v) is 3.35. The Bertz CT molecular complexity index is 811. The Balaban J connectivity index is 1.62. The van der Waals surface area contributed by atoms with E-state index < -0.39 is 0 Å². The van der Waals surface area contributed by atoms with Crippen LogP contribution in [-0.2, 0) is 6.61 Å². The van der Waals surface area contributed by atoms with Crippen LogP contribution in [0.1, 0.15) is 54.6 Å². The predicted octanol–water partition coefficient (Wildman–Crippen LogP) is 4.06. The Hall–Kier alpha value is -2.27. The summed E-state index contributed by atoms with van der Waals surface area (Å²) in [6, 6.07) is 8.77. The van der Waals surface area contributed by atoms with E-state index in [4.69, 9.17) is 16.3 Å². The molecule has 2 aromatic rings. The van der Waals surface area contributed by atoms with Crippen LogP contribution in [0.15, 0.2) is 41.3 Å². The minimum absolute atomic E-state index is 0.163. The molecule has 1 aliphatic rings. The van der Waals surface area contributed by atoms with Gasteiger partial charge in [-0.05, 0) is 18.9 Å². The second-order valence-electron chi connectivity index (χ2n) is 6.62. The van der Waals surface area contributed by atoms with Crippen molar-refractivity contribution in [1.29, 1.82) is 0 Å². The van der Waals surface area contributed by atoms with Gasteiger partial charge in [-0.3, -0.25) is 9.59 Å². The molecule has 2 N–H and O–H groups in total. The second kappa shape index (κ2) is 8.90. The first kappa shape index (κ1) is 18.5. The molecule has 1 saturated carbocycles. The maximum absolute atomic E-state index is 12.4. The number of benzene rings is 1. The van der Waals surface area contributed by atoms with Crippen LogP contribution in [0.4, 0.5) is 0 Å². The van der Waals surface area contributed by atoms with E-state index in [0.29, 0.717) is 5.02 Å². The number of aromatic amines is 1. The molecule has 1 amide bonds. The van der Waals surface area contributed by atoms with Crippen molar-refractivity contribution >= 4 is 17.5 Å². The highest BCUT2D eigenvalue weighted by Crippen LogP contribution is 2.18. The number of pyridine rings is 1.